The molecule has 2 aromatic carbocycles. The van der Waals surface area contributed by atoms with Crippen LogP contribution in [0.4, 0.5) is 0 Å². The quantitative estimate of drug-likeness (QED) is 0.582. The van der Waals surface area contributed by atoms with E-state index in [1.807, 2.05) is 18.2 Å². The summed E-state index contributed by atoms with van der Waals surface area (Å²) in [4.78, 5) is 6.93. The van der Waals surface area contributed by atoms with E-state index in [-0.39, 0.29) is 0 Å². The van der Waals surface area contributed by atoms with Crippen molar-refractivity contribution in [1.82, 2.24) is 15.5 Å². The van der Waals surface area contributed by atoms with Gasteiger partial charge in [0.25, 0.3) is 0 Å². The van der Waals surface area contributed by atoms with Crippen molar-refractivity contribution in [2.24, 2.45) is 4.99 Å². The lowest BCUT2D eigenvalue weighted by Crippen LogP contribution is -2.36. The first kappa shape index (κ1) is 19.6. The van der Waals surface area contributed by atoms with Crippen LogP contribution in [0.1, 0.15) is 36.0 Å². The van der Waals surface area contributed by atoms with E-state index >= 15 is 0 Å². The summed E-state index contributed by atoms with van der Waals surface area (Å²) in [6.45, 7) is 5.17. The second-order valence-corrected chi connectivity index (χ2v) is 7.57. The lowest BCUT2D eigenvalue weighted by molar-refractivity contribution is 0.174. The van der Waals surface area contributed by atoms with Gasteiger partial charge < -0.3 is 20.1 Å². The highest BCUT2D eigenvalue weighted by Gasteiger charge is 2.14. The Kier molecular flexibility index (Phi) is 6.52. The molecule has 0 amide bonds. The van der Waals surface area contributed by atoms with Crippen molar-refractivity contribution >= 4 is 5.96 Å². The van der Waals surface area contributed by atoms with E-state index in [4.69, 9.17) is 9.47 Å². The average molecular weight is 395 g/mol. The summed E-state index contributed by atoms with van der Waals surface area (Å²) in [7, 11) is 1.80. The first-order valence-corrected chi connectivity index (χ1v) is 10.4. The van der Waals surface area contributed by atoms with Gasteiger partial charge in [0.2, 0.25) is 6.79 Å². The van der Waals surface area contributed by atoms with Gasteiger partial charge in [-0.3, -0.25) is 9.89 Å². The summed E-state index contributed by atoms with van der Waals surface area (Å²) in [5, 5.41) is 6.83. The Labute approximate surface area is 172 Å². The van der Waals surface area contributed by atoms with E-state index in [9.17, 15) is 0 Å². The Morgan fingerprint density at radius 2 is 1.69 bits per heavy atom. The molecule has 0 aromatic heterocycles. The molecule has 0 saturated carbocycles. The van der Waals surface area contributed by atoms with Gasteiger partial charge in [-0.1, -0.05) is 36.8 Å². The first-order chi connectivity index (χ1) is 14.3. The third kappa shape index (κ3) is 5.21. The number of guanidine groups is 1. The molecule has 2 N–H and O–H groups in total. The molecule has 2 aromatic rings. The lowest BCUT2D eigenvalue weighted by Gasteiger charge is -2.27. The number of hydrogen-bond donors (Lipinski definition) is 2. The number of nitrogens with one attached hydrogen (secondary N) is 2. The number of nitrogens with zero attached hydrogens (tertiary/aromatic N) is 2. The predicted octanol–water partition coefficient (Wildman–Crippen LogP) is 3.27. The van der Waals surface area contributed by atoms with Crippen molar-refractivity contribution in [1.29, 1.82) is 0 Å². The number of ether oxygens (including phenoxy) is 2. The molecular formula is C23H30N4O2. The molecule has 2 heterocycles. The lowest BCUT2D eigenvalue weighted by atomic mass is 10.0. The molecule has 0 unspecified atom stereocenters. The molecule has 1 saturated heterocycles. The van der Waals surface area contributed by atoms with Crippen LogP contribution < -0.4 is 20.1 Å². The van der Waals surface area contributed by atoms with Crippen molar-refractivity contribution < 1.29 is 9.47 Å². The van der Waals surface area contributed by atoms with Gasteiger partial charge in [-0.25, -0.2) is 0 Å². The number of rotatable bonds is 6. The van der Waals surface area contributed by atoms with Gasteiger partial charge >= 0.3 is 0 Å². The zero-order chi connectivity index (χ0) is 19.9. The molecule has 4 rings (SSSR count). The highest BCUT2D eigenvalue weighted by atomic mass is 16.7. The summed E-state index contributed by atoms with van der Waals surface area (Å²) in [6.07, 6.45) is 4.00. The number of fused-ring (bicyclic) bond motifs is 1. The minimum absolute atomic E-state index is 0.298. The van der Waals surface area contributed by atoms with Gasteiger partial charge in [0.05, 0.1) is 0 Å². The van der Waals surface area contributed by atoms with Gasteiger partial charge in [-0.2, -0.15) is 0 Å². The number of likely N-dealkylation sites (tertiary alicyclic amines) is 1. The van der Waals surface area contributed by atoms with Gasteiger partial charge in [0.1, 0.15) is 0 Å². The van der Waals surface area contributed by atoms with Crippen LogP contribution in [0.25, 0.3) is 0 Å². The van der Waals surface area contributed by atoms with Crippen LogP contribution >= 0.6 is 0 Å². The highest BCUT2D eigenvalue weighted by molar-refractivity contribution is 5.79. The Hall–Kier alpha value is -2.73. The van der Waals surface area contributed by atoms with Gasteiger partial charge in [-0.15, -0.1) is 0 Å². The molecule has 0 atom stereocenters. The molecule has 1 fully saturated rings. The third-order valence-electron chi connectivity index (χ3n) is 5.53. The summed E-state index contributed by atoms with van der Waals surface area (Å²) < 4.78 is 10.8. The Morgan fingerprint density at radius 1 is 0.931 bits per heavy atom. The van der Waals surface area contributed by atoms with Crippen LogP contribution in [0.15, 0.2) is 47.5 Å². The molecule has 2 aliphatic rings. The van der Waals surface area contributed by atoms with Crippen LogP contribution in [0.2, 0.25) is 0 Å². The van der Waals surface area contributed by atoms with Crippen LogP contribution in [0, 0.1) is 0 Å². The minimum Gasteiger partial charge on any atom is -0.454 e. The van der Waals surface area contributed by atoms with Crippen LogP contribution in [-0.4, -0.2) is 37.8 Å². The van der Waals surface area contributed by atoms with E-state index in [1.54, 1.807) is 7.05 Å². The number of aliphatic imine (C=N–C) groups is 1. The maximum atomic E-state index is 5.45. The van der Waals surface area contributed by atoms with Crippen molar-refractivity contribution in [3.05, 3.63) is 59.2 Å². The van der Waals surface area contributed by atoms with Crippen LogP contribution in [0.3, 0.4) is 0 Å². The van der Waals surface area contributed by atoms with Crippen molar-refractivity contribution in [2.45, 2.75) is 38.9 Å². The fourth-order valence-electron chi connectivity index (χ4n) is 3.88. The molecule has 0 radical (unpaired) electrons. The summed E-state index contributed by atoms with van der Waals surface area (Å²) in [5.41, 5.74) is 3.85. The number of benzene rings is 2. The van der Waals surface area contributed by atoms with Gasteiger partial charge in [-0.05, 0) is 54.8 Å². The fraction of sp³-hybridized carbons (Fsp3) is 0.435. The van der Waals surface area contributed by atoms with Crippen molar-refractivity contribution in [3.63, 3.8) is 0 Å². The molecular weight excluding hydrogens is 364 g/mol. The first-order valence-electron chi connectivity index (χ1n) is 10.4. The highest BCUT2D eigenvalue weighted by Crippen LogP contribution is 2.32. The van der Waals surface area contributed by atoms with Gasteiger partial charge in [0.15, 0.2) is 17.5 Å². The molecule has 6 nitrogen and oxygen atoms in total. The topological polar surface area (TPSA) is 58.1 Å². The van der Waals surface area contributed by atoms with E-state index < -0.39 is 0 Å². The summed E-state index contributed by atoms with van der Waals surface area (Å²) in [6, 6.07) is 14.7. The predicted molar refractivity (Wildman–Crippen MR) is 115 cm³/mol. The molecule has 6 heteroatoms. The number of piperidine rings is 1. The average Bonchev–Trinajstić information content (AvgIpc) is 3.23. The normalized spacial score (nSPS) is 16.7. The molecule has 0 spiro atoms. The Balaban J connectivity index is 1.31. The van der Waals surface area contributed by atoms with Crippen LogP contribution in [-0.2, 0) is 19.6 Å². The number of hydrogen-bond acceptors (Lipinski definition) is 4. The van der Waals surface area contributed by atoms with Crippen molar-refractivity contribution in [3.8, 4) is 11.5 Å². The maximum absolute atomic E-state index is 5.45. The van der Waals surface area contributed by atoms with E-state index in [0.29, 0.717) is 13.3 Å². The zero-order valence-electron chi connectivity index (χ0n) is 17.1. The van der Waals surface area contributed by atoms with E-state index in [2.05, 4.69) is 44.8 Å². The zero-order valence-corrected chi connectivity index (χ0v) is 17.1. The largest absolute Gasteiger partial charge is 0.454 e. The molecule has 0 bridgehead atoms. The second kappa shape index (κ2) is 9.65. The summed E-state index contributed by atoms with van der Waals surface area (Å²) in [5.74, 6) is 2.40. The third-order valence-corrected chi connectivity index (χ3v) is 5.53. The van der Waals surface area contributed by atoms with Crippen molar-refractivity contribution in [2.75, 3.05) is 26.9 Å². The maximum Gasteiger partial charge on any atom is 0.231 e. The van der Waals surface area contributed by atoms with Crippen LogP contribution in [0.5, 0.6) is 11.5 Å². The fourth-order valence-corrected chi connectivity index (χ4v) is 3.88. The standard InChI is InChI=1S/C23H30N4O2/c1-24-23(25-14-18-9-10-21-22(13-18)29-17-28-21)26-15-19-7-3-4-8-20(19)16-27-11-5-2-6-12-27/h3-4,7-10,13H,2,5-6,11-12,14-17H2,1H3,(H2,24,25,26). The second-order valence-electron chi connectivity index (χ2n) is 7.57. The Bertz CT molecular complexity index is 847. The SMILES string of the molecule is CN=C(NCc1ccc2c(c1)OCO2)NCc1ccccc1CN1CCCCC1. The van der Waals surface area contributed by atoms with E-state index in [0.717, 1.165) is 36.1 Å². The molecule has 0 aliphatic carbocycles. The minimum atomic E-state index is 0.298. The Morgan fingerprint density at radius 3 is 2.52 bits per heavy atom. The molecule has 29 heavy (non-hydrogen) atoms. The summed E-state index contributed by atoms with van der Waals surface area (Å²) >= 11 is 0. The molecule has 154 valence electrons. The van der Waals surface area contributed by atoms with E-state index in [1.165, 1.54) is 43.5 Å². The smallest absolute Gasteiger partial charge is 0.231 e. The molecule has 2 aliphatic heterocycles. The monoisotopic (exact) mass is 394 g/mol. The van der Waals surface area contributed by atoms with Gasteiger partial charge in [0, 0.05) is 26.7 Å².